The van der Waals surface area contributed by atoms with E-state index in [-0.39, 0.29) is 19.4 Å². The van der Waals surface area contributed by atoms with Crippen LogP contribution in [0.2, 0.25) is 0 Å². The average Bonchev–Trinajstić information content (AvgIpc) is 3.16. The second-order valence-corrected chi connectivity index (χ2v) is 17.7. The van der Waals surface area contributed by atoms with E-state index in [9.17, 15) is 37.9 Å². The van der Waals surface area contributed by atoms with E-state index in [4.69, 9.17) is 18.9 Å². The molecule has 1 saturated heterocycles. The molecular weight excluding hydrogens is 753 g/mol. The van der Waals surface area contributed by atoms with Crippen LogP contribution in [0.4, 0.5) is 0 Å². The molecule has 1 heterocycles. The molecule has 0 aromatic rings. The summed E-state index contributed by atoms with van der Waals surface area (Å²) < 4.78 is 54.0. The molecule has 6 atom stereocenters. The summed E-state index contributed by atoms with van der Waals surface area (Å²) in [4.78, 5) is 25.4. The van der Waals surface area contributed by atoms with Crippen molar-refractivity contribution in [2.24, 2.45) is 5.92 Å². The van der Waals surface area contributed by atoms with E-state index >= 15 is 0 Å². The number of hydrogen-bond acceptors (Lipinski definition) is 11. The minimum atomic E-state index is -4.60. The first-order chi connectivity index (χ1) is 27.3. The largest absolute Gasteiger partial charge is 0.462 e. The Kier molecular flexibility index (Phi) is 31.6. The van der Waals surface area contributed by atoms with Crippen molar-refractivity contribution in [2.45, 2.75) is 218 Å². The molecule has 0 aliphatic carbocycles. The fourth-order valence-electron chi connectivity index (χ4n) is 6.71. The van der Waals surface area contributed by atoms with Crippen LogP contribution in [-0.2, 0) is 38.7 Å². The van der Waals surface area contributed by atoms with Crippen molar-refractivity contribution in [3.05, 3.63) is 24.3 Å². The molecule has 1 fully saturated rings. The van der Waals surface area contributed by atoms with E-state index in [2.05, 4.69) is 45.1 Å². The quantitative estimate of drug-likeness (QED) is 0.0204. The third-order valence-corrected chi connectivity index (χ3v) is 11.0. The van der Waals surface area contributed by atoms with Crippen LogP contribution in [0.25, 0.3) is 0 Å². The summed E-state index contributed by atoms with van der Waals surface area (Å²) in [7, 11) is -4.60. The molecule has 1 aliphatic heterocycles. The predicted molar refractivity (Wildman–Crippen MR) is 224 cm³/mol. The second-order valence-electron chi connectivity index (χ2n) is 16.2. The minimum absolute atomic E-state index is 0.163. The van der Waals surface area contributed by atoms with Crippen molar-refractivity contribution in [3.8, 4) is 0 Å². The minimum Gasteiger partial charge on any atom is -0.462 e. The van der Waals surface area contributed by atoms with Crippen molar-refractivity contribution in [1.82, 2.24) is 0 Å². The highest BCUT2D eigenvalue weighted by molar-refractivity contribution is 7.85. The van der Waals surface area contributed by atoms with Crippen molar-refractivity contribution in [3.63, 3.8) is 0 Å². The smallest absolute Gasteiger partial charge is 0.306 e. The summed E-state index contributed by atoms with van der Waals surface area (Å²) in [5.74, 6) is -1.21. The molecule has 0 radical (unpaired) electrons. The van der Waals surface area contributed by atoms with Crippen molar-refractivity contribution >= 4 is 22.1 Å². The standard InChI is InChI=1S/C44H80O12S/c1-4-5-6-7-8-9-10-11-12-13-16-19-22-25-28-31-39(45)53-33-37(34-54-44-43(49)42(48)41(47)38(56-44)35-57(50,51)52)55-40(46)32-29-26-23-20-17-14-15-18-21-24-27-30-36(2)3/h8-9,11-12,36-38,41-44,47-49H,4-7,10,13-35H2,1-3H3,(H,50,51,52). The van der Waals surface area contributed by atoms with Crippen molar-refractivity contribution in [1.29, 1.82) is 0 Å². The molecule has 13 heteroatoms. The van der Waals surface area contributed by atoms with Crippen LogP contribution in [0, 0.1) is 5.92 Å². The number of aliphatic hydroxyl groups is 3. The summed E-state index contributed by atoms with van der Waals surface area (Å²) >= 11 is 0. The van der Waals surface area contributed by atoms with Gasteiger partial charge < -0.3 is 34.3 Å². The maximum atomic E-state index is 12.8. The predicted octanol–water partition coefficient (Wildman–Crippen LogP) is 8.69. The van der Waals surface area contributed by atoms with Gasteiger partial charge in [-0.15, -0.1) is 0 Å². The highest BCUT2D eigenvalue weighted by Crippen LogP contribution is 2.24. The van der Waals surface area contributed by atoms with Gasteiger partial charge in [0.05, 0.1) is 6.61 Å². The maximum absolute atomic E-state index is 12.8. The molecule has 0 saturated carbocycles. The lowest BCUT2D eigenvalue weighted by molar-refractivity contribution is -0.297. The molecule has 0 amide bonds. The molecule has 12 nitrogen and oxygen atoms in total. The molecule has 57 heavy (non-hydrogen) atoms. The van der Waals surface area contributed by atoms with Gasteiger partial charge in [0.25, 0.3) is 10.1 Å². The van der Waals surface area contributed by atoms with Gasteiger partial charge >= 0.3 is 11.9 Å². The van der Waals surface area contributed by atoms with Gasteiger partial charge in [-0.25, -0.2) is 0 Å². The lowest BCUT2D eigenvalue weighted by Gasteiger charge is -2.40. The first-order valence-electron chi connectivity index (χ1n) is 22.3. The van der Waals surface area contributed by atoms with Gasteiger partial charge in [0, 0.05) is 12.8 Å². The average molecular weight is 833 g/mol. The van der Waals surface area contributed by atoms with Gasteiger partial charge in [0.2, 0.25) is 0 Å². The number of allylic oxidation sites excluding steroid dienone is 4. The second kappa shape index (κ2) is 33.9. The number of aliphatic hydroxyl groups excluding tert-OH is 3. The molecule has 1 rings (SSSR count). The summed E-state index contributed by atoms with van der Waals surface area (Å²) in [5, 5.41) is 30.8. The number of ether oxygens (including phenoxy) is 4. The number of carbonyl (C=O) groups is 2. The number of esters is 2. The summed E-state index contributed by atoms with van der Waals surface area (Å²) in [6.07, 6.45) is 25.2. The number of rotatable bonds is 36. The molecule has 1 aliphatic rings. The zero-order chi connectivity index (χ0) is 42.2. The molecule has 334 valence electrons. The van der Waals surface area contributed by atoms with Crippen molar-refractivity contribution < 1.29 is 56.8 Å². The Morgan fingerprint density at radius 2 is 1.16 bits per heavy atom. The zero-order valence-electron chi connectivity index (χ0n) is 35.6. The SMILES string of the molecule is CCCCCC=CCC=CCCCCCCCC(=O)OCC(COC1OC(CS(=O)(=O)O)C(O)C(O)C1O)OC(=O)CCCCCCCCCCCCCC(C)C. The van der Waals surface area contributed by atoms with E-state index < -0.39 is 71.2 Å². The normalized spacial score (nSPS) is 20.8. The highest BCUT2D eigenvalue weighted by Gasteiger charge is 2.46. The van der Waals surface area contributed by atoms with E-state index in [1.807, 2.05) is 0 Å². The first kappa shape index (κ1) is 53.1. The monoisotopic (exact) mass is 833 g/mol. The molecule has 6 unspecified atom stereocenters. The van der Waals surface area contributed by atoms with Gasteiger partial charge in [-0.2, -0.15) is 8.42 Å². The first-order valence-corrected chi connectivity index (χ1v) is 23.9. The molecule has 0 aromatic carbocycles. The Morgan fingerprint density at radius 1 is 0.649 bits per heavy atom. The van der Waals surface area contributed by atoms with Gasteiger partial charge in [-0.05, 0) is 50.9 Å². The lowest BCUT2D eigenvalue weighted by atomic mass is 10.00. The van der Waals surface area contributed by atoms with E-state index in [1.54, 1.807) is 0 Å². The topological polar surface area (TPSA) is 186 Å². The van der Waals surface area contributed by atoms with Gasteiger partial charge in [0.15, 0.2) is 12.4 Å². The summed E-state index contributed by atoms with van der Waals surface area (Å²) in [6.45, 7) is 6.03. The fourth-order valence-corrected chi connectivity index (χ4v) is 7.41. The summed E-state index contributed by atoms with van der Waals surface area (Å²) in [5.41, 5.74) is 0. The van der Waals surface area contributed by atoms with Gasteiger partial charge in [-0.3, -0.25) is 14.1 Å². The van der Waals surface area contributed by atoms with Gasteiger partial charge in [0.1, 0.15) is 36.8 Å². The third-order valence-electron chi connectivity index (χ3n) is 10.2. The van der Waals surface area contributed by atoms with Crippen LogP contribution >= 0.6 is 0 Å². The summed E-state index contributed by atoms with van der Waals surface area (Å²) in [6, 6.07) is 0. The maximum Gasteiger partial charge on any atom is 0.306 e. The van der Waals surface area contributed by atoms with Gasteiger partial charge in [-0.1, -0.05) is 148 Å². The van der Waals surface area contributed by atoms with Crippen LogP contribution in [0.1, 0.15) is 181 Å². The Morgan fingerprint density at radius 3 is 1.70 bits per heavy atom. The number of hydrogen-bond donors (Lipinski definition) is 4. The molecule has 0 bridgehead atoms. The van der Waals surface area contributed by atoms with Crippen LogP contribution in [0.15, 0.2) is 24.3 Å². The molecule has 0 spiro atoms. The Bertz CT molecular complexity index is 1170. The lowest BCUT2D eigenvalue weighted by Crippen LogP contribution is -2.60. The van der Waals surface area contributed by atoms with Crippen molar-refractivity contribution in [2.75, 3.05) is 19.0 Å². The zero-order valence-corrected chi connectivity index (χ0v) is 36.4. The molecule has 0 aromatic heterocycles. The van der Waals surface area contributed by atoms with Crippen LogP contribution in [0.3, 0.4) is 0 Å². The Hall–Kier alpha value is -1.87. The van der Waals surface area contributed by atoms with E-state index in [1.165, 1.54) is 70.6 Å². The molecule has 4 N–H and O–H groups in total. The number of unbranched alkanes of at least 4 members (excludes halogenated alkanes) is 18. The number of carbonyl (C=O) groups excluding carboxylic acids is 2. The highest BCUT2D eigenvalue weighted by atomic mass is 32.2. The Balaban J connectivity index is 2.47. The fraction of sp³-hybridized carbons (Fsp3) is 0.864. The van der Waals surface area contributed by atoms with Crippen LogP contribution in [0.5, 0.6) is 0 Å². The van der Waals surface area contributed by atoms with E-state index in [0.29, 0.717) is 12.8 Å². The third kappa shape index (κ3) is 29.9. The Labute approximate surface area is 345 Å². The van der Waals surface area contributed by atoms with Crippen LogP contribution < -0.4 is 0 Å². The molecular formula is C44H80O12S. The van der Waals surface area contributed by atoms with E-state index in [0.717, 1.165) is 70.1 Å². The van der Waals surface area contributed by atoms with Crippen LogP contribution in [-0.4, -0.2) is 96.0 Å².